The van der Waals surface area contributed by atoms with Gasteiger partial charge in [-0.2, -0.15) is 5.26 Å². The third-order valence-electron chi connectivity index (χ3n) is 6.67. The summed E-state index contributed by atoms with van der Waals surface area (Å²) in [5.41, 5.74) is 4.45. The second-order valence-electron chi connectivity index (χ2n) is 8.91. The van der Waals surface area contributed by atoms with E-state index < -0.39 is 5.92 Å². The van der Waals surface area contributed by atoms with Crippen LogP contribution in [0.4, 0.5) is 11.4 Å². The number of fused-ring (bicyclic) bond motifs is 1. The molecule has 2 amide bonds. The number of aryl methyl sites for hydroxylation is 1. The molecule has 0 spiro atoms. The zero-order valence-corrected chi connectivity index (χ0v) is 18.7. The molecule has 2 aliphatic heterocycles. The standard InChI is InChI=1S/C26H25N5O2/c1-17-14-31(24-7-6-20(11-23(17)24)15-29-9-8-28-18(29)2)26(33)21-12-25(32)30(16-21)22-5-3-4-19(10-22)13-27/h3-11,17,21H,12,14-16H2,1-2H3/t17?,21-/m0/s1. The summed E-state index contributed by atoms with van der Waals surface area (Å²) in [7, 11) is 0. The predicted octanol–water partition coefficient (Wildman–Crippen LogP) is 3.61. The Balaban J connectivity index is 1.35. The van der Waals surface area contributed by atoms with E-state index in [9.17, 15) is 9.59 Å². The van der Waals surface area contributed by atoms with E-state index >= 15 is 0 Å². The Morgan fingerprint density at radius 3 is 2.82 bits per heavy atom. The first-order valence-electron chi connectivity index (χ1n) is 11.2. The summed E-state index contributed by atoms with van der Waals surface area (Å²) in [6.45, 7) is 5.83. The lowest BCUT2D eigenvalue weighted by atomic mass is 10.0. The van der Waals surface area contributed by atoms with E-state index in [2.05, 4.69) is 34.7 Å². The molecule has 0 aliphatic carbocycles. The number of nitrogens with zero attached hydrogens (tertiary/aromatic N) is 5. The van der Waals surface area contributed by atoms with E-state index in [0.29, 0.717) is 24.3 Å². The molecule has 7 nitrogen and oxygen atoms in total. The molecule has 2 atom stereocenters. The second-order valence-corrected chi connectivity index (χ2v) is 8.91. The van der Waals surface area contributed by atoms with Gasteiger partial charge >= 0.3 is 0 Å². The van der Waals surface area contributed by atoms with E-state index in [4.69, 9.17) is 5.26 Å². The summed E-state index contributed by atoms with van der Waals surface area (Å²) in [4.78, 5) is 33.9. The normalized spacial score (nSPS) is 19.6. The van der Waals surface area contributed by atoms with Crippen molar-refractivity contribution in [1.29, 1.82) is 5.26 Å². The van der Waals surface area contributed by atoms with Gasteiger partial charge in [0.25, 0.3) is 0 Å². The van der Waals surface area contributed by atoms with Gasteiger partial charge in [-0.25, -0.2) is 4.98 Å². The molecule has 0 radical (unpaired) electrons. The largest absolute Gasteiger partial charge is 0.331 e. The molecule has 5 rings (SSSR count). The van der Waals surface area contributed by atoms with Gasteiger partial charge in [0.05, 0.1) is 17.6 Å². The number of benzene rings is 2. The average molecular weight is 440 g/mol. The molecule has 2 aromatic carbocycles. The highest BCUT2D eigenvalue weighted by molar-refractivity contribution is 6.05. The first-order valence-corrected chi connectivity index (χ1v) is 11.2. The minimum atomic E-state index is -0.394. The molecular weight excluding hydrogens is 414 g/mol. The zero-order chi connectivity index (χ0) is 23.1. The van der Waals surface area contributed by atoms with Crippen molar-refractivity contribution in [1.82, 2.24) is 9.55 Å². The fraction of sp³-hybridized carbons (Fsp3) is 0.308. The van der Waals surface area contributed by atoms with E-state index in [-0.39, 0.29) is 24.2 Å². The third kappa shape index (κ3) is 3.78. The van der Waals surface area contributed by atoms with Crippen molar-refractivity contribution < 1.29 is 9.59 Å². The molecule has 1 saturated heterocycles. The molecule has 0 saturated carbocycles. The molecule has 2 aliphatic rings. The Kier molecular flexibility index (Phi) is 5.21. The van der Waals surface area contributed by atoms with E-state index in [0.717, 1.165) is 18.1 Å². The SMILES string of the molecule is Cc1nccn1Cc1ccc2c(c1)C(C)CN2C(=O)[C@H]1CC(=O)N(c2cccc(C#N)c2)C1. The second kappa shape index (κ2) is 8.21. The van der Waals surface area contributed by atoms with Crippen molar-refractivity contribution in [2.24, 2.45) is 5.92 Å². The number of anilines is 2. The number of imidazole rings is 1. The first-order chi connectivity index (χ1) is 15.9. The fourth-order valence-electron chi connectivity index (χ4n) is 4.88. The third-order valence-corrected chi connectivity index (χ3v) is 6.67. The van der Waals surface area contributed by atoms with Crippen LogP contribution in [0.15, 0.2) is 54.9 Å². The van der Waals surface area contributed by atoms with Crippen LogP contribution in [-0.2, 0) is 16.1 Å². The number of carbonyl (C=O) groups excluding carboxylic acids is 2. The van der Waals surface area contributed by atoms with Crippen LogP contribution in [0, 0.1) is 24.2 Å². The van der Waals surface area contributed by atoms with Gasteiger partial charge in [-0.15, -0.1) is 0 Å². The topological polar surface area (TPSA) is 82.2 Å². The summed E-state index contributed by atoms with van der Waals surface area (Å²) in [5.74, 6) is 0.715. The van der Waals surface area contributed by atoms with Gasteiger partial charge in [0.1, 0.15) is 5.82 Å². The predicted molar refractivity (Wildman–Crippen MR) is 125 cm³/mol. The smallest absolute Gasteiger partial charge is 0.232 e. The Labute approximate surface area is 192 Å². The van der Waals surface area contributed by atoms with E-state index in [1.807, 2.05) is 30.2 Å². The van der Waals surface area contributed by atoms with Crippen molar-refractivity contribution in [3.63, 3.8) is 0 Å². The minimum Gasteiger partial charge on any atom is -0.331 e. The summed E-state index contributed by atoms with van der Waals surface area (Å²) >= 11 is 0. The Morgan fingerprint density at radius 2 is 2.06 bits per heavy atom. The molecule has 33 heavy (non-hydrogen) atoms. The van der Waals surface area contributed by atoms with Gasteiger partial charge in [0, 0.05) is 55.7 Å². The van der Waals surface area contributed by atoms with Crippen LogP contribution in [0.25, 0.3) is 0 Å². The molecule has 1 aromatic heterocycles. The Bertz CT molecular complexity index is 1290. The van der Waals surface area contributed by atoms with Crippen LogP contribution in [0.3, 0.4) is 0 Å². The van der Waals surface area contributed by atoms with Crippen molar-refractivity contribution >= 4 is 23.2 Å². The van der Waals surface area contributed by atoms with Crippen molar-refractivity contribution in [3.05, 3.63) is 77.4 Å². The molecule has 166 valence electrons. The lowest BCUT2D eigenvalue weighted by Gasteiger charge is -2.22. The highest BCUT2D eigenvalue weighted by Gasteiger charge is 2.40. The number of hydrogen-bond acceptors (Lipinski definition) is 4. The maximum absolute atomic E-state index is 13.5. The lowest BCUT2D eigenvalue weighted by Crippen LogP contribution is -2.36. The number of nitriles is 1. The van der Waals surface area contributed by atoms with Crippen LogP contribution in [0.2, 0.25) is 0 Å². The van der Waals surface area contributed by atoms with E-state index in [1.54, 1.807) is 29.3 Å². The van der Waals surface area contributed by atoms with Gasteiger partial charge < -0.3 is 14.4 Å². The summed E-state index contributed by atoms with van der Waals surface area (Å²) in [6, 6.07) is 15.4. The number of amides is 2. The maximum atomic E-state index is 13.5. The van der Waals surface area contributed by atoms with E-state index in [1.165, 1.54) is 11.1 Å². The maximum Gasteiger partial charge on any atom is 0.232 e. The Hall–Kier alpha value is -3.92. The summed E-state index contributed by atoms with van der Waals surface area (Å²) in [6.07, 6.45) is 3.96. The van der Waals surface area contributed by atoms with Crippen LogP contribution in [0.1, 0.15) is 41.8 Å². The number of aromatic nitrogens is 2. The van der Waals surface area contributed by atoms with Gasteiger partial charge in [0.15, 0.2) is 0 Å². The van der Waals surface area contributed by atoms with Crippen LogP contribution < -0.4 is 9.80 Å². The highest BCUT2D eigenvalue weighted by Crippen LogP contribution is 2.39. The zero-order valence-electron chi connectivity index (χ0n) is 18.7. The first kappa shape index (κ1) is 21.0. The highest BCUT2D eigenvalue weighted by atomic mass is 16.2. The number of carbonyl (C=O) groups is 2. The molecule has 3 heterocycles. The van der Waals surface area contributed by atoms with Gasteiger partial charge in [-0.3, -0.25) is 9.59 Å². The average Bonchev–Trinajstić information content (AvgIpc) is 3.51. The van der Waals surface area contributed by atoms with Crippen molar-refractivity contribution in [2.75, 3.05) is 22.9 Å². The lowest BCUT2D eigenvalue weighted by molar-refractivity contribution is -0.124. The molecule has 0 N–H and O–H groups in total. The van der Waals surface area contributed by atoms with Gasteiger partial charge in [0.2, 0.25) is 11.8 Å². The monoisotopic (exact) mass is 439 g/mol. The molecule has 1 fully saturated rings. The summed E-state index contributed by atoms with van der Waals surface area (Å²) < 4.78 is 2.10. The number of rotatable bonds is 4. The van der Waals surface area contributed by atoms with Gasteiger partial charge in [-0.1, -0.05) is 25.1 Å². The molecular formula is C26H25N5O2. The van der Waals surface area contributed by atoms with Crippen LogP contribution in [0.5, 0.6) is 0 Å². The number of hydrogen-bond donors (Lipinski definition) is 0. The molecule has 7 heteroatoms. The fourth-order valence-corrected chi connectivity index (χ4v) is 4.88. The molecule has 3 aromatic rings. The van der Waals surface area contributed by atoms with Crippen molar-refractivity contribution in [2.45, 2.75) is 32.7 Å². The van der Waals surface area contributed by atoms with Gasteiger partial charge in [-0.05, 0) is 42.3 Å². The summed E-state index contributed by atoms with van der Waals surface area (Å²) in [5, 5.41) is 9.16. The molecule has 1 unspecified atom stereocenters. The Morgan fingerprint density at radius 1 is 1.21 bits per heavy atom. The van der Waals surface area contributed by atoms with Crippen molar-refractivity contribution in [3.8, 4) is 6.07 Å². The van der Waals surface area contributed by atoms with Crippen LogP contribution in [-0.4, -0.2) is 34.5 Å². The quantitative estimate of drug-likeness (QED) is 0.622. The minimum absolute atomic E-state index is 0.00825. The van der Waals surface area contributed by atoms with Crippen LogP contribution >= 0.6 is 0 Å². The molecule has 0 bridgehead atoms.